The second-order valence-corrected chi connectivity index (χ2v) is 9.59. The monoisotopic (exact) mass is 426 g/mol. The van der Waals surface area contributed by atoms with Crippen LogP contribution in [-0.4, -0.2) is 57.5 Å². The van der Waals surface area contributed by atoms with Crippen LogP contribution in [0.3, 0.4) is 0 Å². The van der Waals surface area contributed by atoms with E-state index < -0.39 is 5.54 Å². The first-order chi connectivity index (χ1) is 14.9. The Bertz CT molecular complexity index is 834. The topological polar surface area (TPSA) is 82.1 Å². The molecule has 0 bridgehead atoms. The van der Waals surface area contributed by atoms with Gasteiger partial charge < -0.3 is 15.1 Å². The Balaban J connectivity index is 1.57. The number of hydrogen-bond acceptors (Lipinski definition) is 4. The number of carbonyl (C=O) groups excluding carboxylic acids is 3. The number of allylic oxidation sites excluding steroid dienone is 3. The highest BCUT2D eigenvalue weighted by Gasteiger charge is 2.50. The van der Waals surface area contributed by atoms with Gasteiger partial charge in [-0.3, -0.25) is 14.4 Å². The fraction of sp³-hybridized carbons (Fsp3) is 0.667. The summed E-state index contributed by atoms with van der Waals surface area (Å²) in [6.45, 7) is 3.80. The largest absolute Gasteiger partial charge is 0.352 e. The summed E-state index contributed by atoms with van der Waals surface area (Å²) in [6.07, 6.45) is 15.0. The van der Waals surface area contributed by atoms with E-state index in [1.807, 2.05) is 30.9 Å². The molecule has 1 N–H and O–H groups in total. The number of nitrogens with one attached hydrogen (secondary N) is 1. The molecular weight excluding hydrogens is 392 g/mol. The number of carbonyl (C=O) groups is 3. The number of fused-ring (bicyclic) bond motifs is 1. The first-order valence-corrected chi connectivity index (χ1v) is 11.8. The van der Waals surface area contributed by atoms with Crippen LogP contribution in [-0.2, 0) is 14.4 Å². The summed E-state index contributed by atoms with van der Waals surface area (Å²) in [6, 6.07) is 0.258. The number of aliphatic imine (C=N–C) groups is 1. The minimum absolute atomic E-state index is 0.0157. The van der Waals surface area contributed by atoms with Gasteiger partial charge in [0.1, 0.15) is 11.4 Å². The Morgan fingerprint density at radius 1 is 1.16 bits per heavy atom. The third kappa shape index (κ3) is 4.46. The van der Waals surface area contributed by atoms with Crippen molar-refractivity contribution >= 4 is 23.6 Å². The molecule has 0 unspecified atom stereocenters. The van der Waals surface area contributed by atoms with Gasteiger partial charge in [-0.05, 0) is 51.7 Å². The molecule has 0 saturated heterocycles. The van der Waals surface area contributed by atoms with Crippen molar-refractivity contribution in [3.05, 3.63) is 23.9 Å². The summed E-state index contributed by atoms with van der Waals surface area (Å²) in [5.74, 6) is -0.0239. The summed E-state index contributed by atoms with van der Waals surface area (Å²) in [5.41, 5.74) is -0.199. The molecule has 2 fully saturated rings. The predicted octanol–water partition coefficient (Wildman–Crippen LogP) is 3.07. The number of rotatable bonds is 5. The first-order valence-electron chi connectivity index (χ1n) is 11.8. The fourth-order valence-electron chi connectivity index (χ4n) is 5.61. The number of hydrogen-bond donors (Lipinski definition) is 1. The molecule has 3 amide bonds. The molecule has 31 heavy (non-hydrogen) atoms. The third-order valence-corrected chi connectivity index (χ3v) is 7.16. The predicted molar refractivity (Wildman–Crippen MR) is 119 cm³/mol. The Morgan fingerprint density at radius 2 is 1.84 bits per heavy atom. The zero-order chi connectivity index (χ0) is 22.0. The molecule has 0 radical (unpaired) electrons. The van der Waals surface area contributed by atoms with Crippen LogP contribution in [0, 0.1) is 0 Å². The second-order valence-electron chi connectivity index (χ2n) is 9.59. The lowest BCUT2D eigenvalue weighted by atomic mass is 9.88. The molecule has 2 aliphatic carbocycles. The van der Waals surface area contributed by atoms with Crippen LogP contribution in [0.15, 0.2) is 28.9 Å². The van der Waals surface area contributed by atoms with Gasteiger partial charge in [0.25, 0.3) is 5.91 Å². The second kappa shape index (κ2) is 8.97. The lowest BCUT2D eigenvalue weighted by molar-refractivity contribution is -0.148. The van der Waals surface area contributed by atoms with E-state index in [2.05, 4.69) is 10.3 Å². The van der Waals surface area contributed by atoms with E-state index in [9.17, 15) is 14.4 Å². The van der Waals surface area contributed by atoms with Crippen LogP contribution in [0.5, 0.6) is 0 Å². The molecule has 0 aromatic heterocycles. The molecule has 0 spiro atoms. The van der Waals surface area contributed by atoms with E-state index in [-0.39, 0.29) is 42.8 Å². The average molecular weight is 427 g/mol. The zero-order valence-corrected chi connectivity index (χ0v) is 18.7. The summed E-state index contributed by atoms with van der Waals surface area (Å²) in [5, 5.41) is 3.16. The van der Waals surface area contributed by atoms with E-state index in [4.69, 9.17) is 0 Å². The highest BCUT2D eigenvalue weighted by molar-refractivity contribution is 6.10. The molecule has 2 aliphatic heterocycles. The summed E-state index contributed by atoms with van der Waals surface area (Å²) >= 11 is 0. The Kier molecular flexibility index (Phi) is 6.30. The molecule has 0 aromatic rings. The van der Waals surface area contributed by atoms with Crippen molar-refractivity contribution in [3.63, 3.8) is 0 Å². The maximum absolute atomic E-state index is 14.0. The summed E-state index contributed by atoms with van der Waals surface area (Å²) in [7, 11) is 0. The Labute approximate surface area is 184 Å². The molecule has 168 valence electrons. The van der Waals surface area contributed by atoms with Crippen molar-refractivity contribution in [3.8, 4) is 0 Å². The van der Waals surface area contributed by atoms with Gasteiger partial charge in [0, 0.05) is 17.8 Å². The van der Waals surface area contributed by atoms with Crippen LogP contribution >= 0.6 is 0 Å². The Hall–Kier alpha value is -2.44. The van der Waals surface area contributed by atoms with Crippen molar-refractivity contribution in [2.24, 2.45) is 4.99 Å². The maximum atomic E-state index is 14.0. The molecule has 7 nitrogen and oxygen atoms in total. The third-order valence-electron chi connectivity index (χ3n) is 7.16. The molecule has 4 rings (SSSR count). The molecule has 0 aromatic carbocycles. The smallest absolute Gasteiger partial charge is 0.250 e. The summed E-state index contributed by atoms with van der Waals surface area (Å²) < 4.78 is 0. The molecule has 7 heteroatoms. The van der Waals surface area contributed by atoms with Gasteiger partial charge in [-0.15, -0.1) is 0 Å². The van der Waals surface area contributed by atoms with Gasteiger partial charge in [-0.1, -0.05) is 38.2 Å². The van der Waals surface area contributed by atoms with E-state index in [0.717, 1.165) is 57.1 Å². The van der Waals surface area contributed by atoms with Crippen LogP contribution in [0.1, 0.15) is 78.1 Å². The van der Waals surface area contributed by atoms with Crippen LogP contribution in [0.2, 0.25) is 0 Å². The lowest BCUT2D eigenvalue weighted by Gasteiger charge is -2.47. The number of amides is 3. The van der Waals surface area contributed by atoms with Gasteiger partial charge in [-0.2, -0.15) is 4.99 Å². The SMILES string of the molecule is CC1=CC=CC2=NC(=O)C[C@](C)(C(=O)N(CC(=O)NC3CCCCC3)C3CCCC3)N12. The molecule has 4 aliphatic rings. The van der Waals surface area contributed by atoms with Crippen molar-refractivity contribution in [1.29, 1.82) is 0 Å². The average Bonchev–Trinajstić information content (AvgIpc) is 3.26. The molecule has 1 atom stereocenters. The van der Waals surface area contributed by atoms with E-state index >= 15 is 0 Å². The van der Waals surface area contributed by atoms with Crippen molar-refractivity contribution < 1.29 is 14.4 Å². The van der Waals surface area contributed by atoms with E-state index in [0.29, 0.717) is 5.84 Å². The van der Waals surface area contributed by atoms with Crippen LogP contribution in [0.25, 0.3) is 0 Å². The first kappa shape index (κ1) is 21.8. The van der Waals surface area contributed by atoms with Crippen molar-refractivity contribution in [1.82, 2.24) is 15.1 Å². The van der Waals surface area contributed by atoms with Crippen molar-refractivity contribution in [2.75, 3.05) is 6.54 Å². The summed E-state index contributed by atoms with van der Waals surface area (Å²) in [4.78, 5) is 47.2. The number of nitrogens with zero attached hydrogens (tertiary/aromatic N) is 3. The maximum Gasteiger partial charge on any atom is 0.250 e. The minimum atomic E-state index is -1.08. The van der Waals surface area contributed by atoms with Gasteiger partial charge in [0.2, 0.25) is 11.8 Å². The van der Waals surface area contributed by atoms with E-state index in [1.54, 1.807) is 11.0 Å². The van der Waals surface area contributed by atoms with Crippen molar-refractivity contribution in [2.45, 2.75) is 95.7 Å². The normalized spacial score (nSPS) is 26.9. The zero-order valence-electron chi connectivity index (χ0n) is 18.7. The Morgan fingerprint density at radius 3 is 2.55 bits per heavy atom. The molecular formula is C24H34N4O3. The fourth-order valence-corrected chi connectivity index (χ4v) is 5.61. The quantitative estimate of drug-likeness (QED) is 0.732. The van der Waals surface area contributed by atoms with Gasteiger partial charge >= 0.3 is 0 Å². The molecule has 2 heterocycles. The standard InChI is InChI=1S/C24H34N4O3/c1-17-9-8-14-20-26-21(29)15-24(2,28(17)20)23(31)27(19-12-6-7-13-19)16-22(30)25-18-10-4-3-5-11-18/h8-9,14,18-19H,3-7,10-13,15-16H2,1-2H3,(H,25,30)/t24-/m1/s1. The lowest BCUT2D eigenvalue weighted by Crippen LogP contribution is -2.64. The highest BCUT2D eigenvalue weighted by Crippen LogP contribution is 2.35. The van der Waals surface area contributed by atoms with Crippen LogP contribution in [0.4, 0.5) is 0 Å². The highest BCUT2D eigenvalue weighted by atomic mass is 16.2. The van der Waals surface area contributed by atoms with E-state index in [1.165, 1.54) is 6.42 Å². The van der Waals surface area contributed by atoms with Gasteiger partial charge in [-0.25, -0.2) is 0 Å². The number of amidine groups is 1. The van der Waals surface area contributed by atoms with Crippen LogP contribution < -0.4 is 5.32 Å². The molecule has 2 saturated carbocycles. The minimum Gasteiger partial charge on any atom is -0.352 e. The van der Waals surface area contributed by atoms with Gasteiger partial charge in [0.05, 0.1) is 13.0 Å². The van der Waals surface area contributed by atoms with Gasteiger partial charge in [0.15, 0.2) is 0 Å².